The van der Waals surface area contributed by atoms with Gasteiger partial charge in [-0.05, 0) is 0 Å². The third-order valence-electron chi connectivity index (χ3n) is 0.694. The van der Waals surface area contributed by atoms with Gasteiger partial charge in [0.1, 0.15) is 10.2 Å². The highest BCUT2D eigenvalue weighted by atomic mass is 35.5. The number of carbonyl (C=O) groups excluding carboxylic acids is 1. The summed E-state index contributed by atoms with van der Waals surface area (Å²) in [6.07, 6.45) is 0.194. The molecule has 1 unspecified atom stereocenters. The topological polar surface area (TPSA) is 43.1 Å². The van der Waals surface area contributed by atoms with Gasteiger partial charge in [0.05, 0.1) is 0 Å². The molecule has 0 aromatic carbocycles. The van der Waals surface area contributed by atoms with Gasteiger partial charge in [-0.3, -0.25) is 4.79 Å². The molecule has 1 amide bonds. The van der Waals surface area contributed by atoms with Crippen molar-refractivity contribution >= 4 is 40.7 Å². The van der Waals surface area contributed by atoms with Gasteiger partial charge in [0, 0.05) is 6.42 Å². The lowest BCUT2D eigenvalue weighted by molar-refractivity contribution is -0.117. The van der Waals surface area contributed by atoms with Crippen molar-refractivity contribution in [2.45, 2.75) is 16.6 Å². The van der Waals surface area contributed by atoms with E-state index in [1.54, 1.807) is 0 Å². The maximum Gasteiger partial charge on any atom is 0.235 e. The minimum Gasteiger partial charge on any atom is -0.368 e. The zero-order chi connectivity index (χ0) is 7.44. The zero-order valence-electron chi connectivity index (χ0n) is 4.48. The van der Waals surface area contributed by atoms with Crippen LogP contribution in [0.5, 0.6) is 0 Å². The molecule has 0 aromatic rings. The zero-order valence-corrected chi connectivity index (χ0v) is 6.75. The molecule has 0 rings (SSSR count). The predicted octanol–water partition coefficient (Wildman–Crippen LogP) is 1.27. The van der Waals surface area contributed by atoms with Gasteiger partial charge in [0.25, 0.3) is 0 Å². The van der Waals surface area contributed by atoms with Crippen molar-refractivity contribution in [2.24, 2.45) is 5.73 Å². The Labute approximate surface area is 68.2 Å². The lowest BCUT2D eigenvalue weighted by atomic mass is 10.3. The summed E-state index contributed by atoms with van der Waals surface area (Å²) >= 11 is 15.9. The first-order valence-corrected chi connectivity index (χ1v) is 3.56. The first kappa shape index (κ1) is 9.34. The Balaban J connectivity index is 3.50. The molecule has 54 valence electrons. The number of halogens is 3. The number of nitrogens with two attached hydrogens (primary N) is 1. The van der Waals surface area contributed by atoms with Crippen LogP contribution in [0.15, 0.2) is 0 Å². The second kappa shape index (κ2) is 4.20. The summed E-state index contributed by atoms with van der Waals surface area (Å²) in [4.78, 5) is 9.58. The van der Waals surface area contributed by atoms with E-state index in [0.29, 0.717) is 0 Å². The molecule has 5 heteroatoms. The molecule has 0 aliphatic heterocycles. The summed E-state index contributed by atoms with van der Waals surface area (Å²) < 4.78 is 0. The maximum absolute atomic E-state index is 10.2. The SMILES string of the molecule is NC(=O)C(Cl)CC(Cl)Cl. The average molecular weight is 190 g/mol. The fraction of sp³-hybridized carbons (Fsp3) is 0.750. The van der Waals surface area contributed by atoms with Crippen LogP contribution in [0, 0.1) is 0 Å². The van der Waals surface area contributed by atoms with E-state index < -0.39 is 16.1 Å². The van der Waals surface area contributed by atoms with Crippen molar-refractivity contribution in [3.8, 4) is 0 Å². The quantitative estimate of drug-likeness (QED) is 0.669. The summed E-state index contributed by atoms with van der Waals surface area (Å²) in [5.74, 6) is -0.594. The highest BCUT2D eigenvalue weighted by Crippen LogP contribution is 2.13. The second-order valence-corrected chi connectivity index (χ2v) is 3.30. The van der Waals surface area contributed by atoms with E-state index in [9.17, 15) is 4.79 Å². The molecule has 2 N–H and O–H groups in total. The summed E-state index contributed by atoms with van der Waals surface area (Å²) in [6.45, 7) is 0. The Morgan fingerprint density at radius 1 is 1.44 bits per heavy atom. The van der Waals surface area contributed by atoms with E-state index in [1.807, 2.05) is 0 Å². The monoisotopic (exact) mass is 189 g/mol. The molecular weight excluding hydrogens is 184 g/mol. The van der Waals surface area contributed by atoms with Crippen LogP contribution >= 0.6 is 34.8 Å². The van der Waals surface area contributed by atoms with Gasteiger partial charge >= 0.3 is 0 Å². The van der Waals surface area contributed by atoms with Crippen LogP contribution in [0.2, 0.25) is 0 Å². The number of hydrogen-bond donors (Lipinski definition) is 1. The molecule has 0 aliphatic carbocycles. The van der Waals surface area contributed by atoms with Crippen molar-refractivity contribution in [3.05, 3.63) is 0 Å². The van der Waals surface area contributed by atoms with Crippen LogP contribution in [-0.2, 0) is 4.79 Å². The fourth-order valence-electron chi connectivity index (χ4n) is 0.273. The third kappa shape index (κ3) is 4.82. The summed E-state index contributed by atoms with van der Waals surface area (Å²) in [7, 11) is 0. The number of primary amides is 1. The number of hydrogen-bond acceptors (Lipinski definition) is 1. The Morgan fingerprint density at radius 2 is 1.89 bits per heavy atom. The predicted molar refractivity (Wildman–Crippen MR) is 38.9 cm³/mol. The van der Waals surface area contributed by atoms with E-state index in [0.717, 1.165) is 0 Å². The normalized spacial score (nSPS) is 13.8. The minimum absolute atomic E-state index is 0.194. The van der Waals surface area contributed by atoms with E-state index in [4.69, 9.17) is 40.5 Å². The van der Waals surface area contributed by atoms with Gasteiger partial charge in [-0.2, -0.15) is 0 Å². The smallest absolute Gasteiger partial charge is 0.235 e. The molecule has 0 heterocycles. The number of rotatable bonds is 3. The highest BCUT2D eigenvalue weighted by molar-refractivity contribution is 6.45. The van der Waals surface area contributed by atoms with Gasteiger partial charge < -0.3 is 5.73 Å². The molecule has 0 saturated heterocycles. The average Bonchev–Trinajstić information content (AvgIpc) is 1.63. The first-order chi connectivity index (χ1) is 4.04. The van der Waals surface area contributed by atoms with Crippen LogP contribution in [0.25, 0.3) is 0 Å². The summed E-state index contributed by atoms with van der Waals surface area (Å²) in [5.41, 5.74) is 4.80. The van der Waals surface area contributed by atoms with Crippen molar-refractivity contribution in [1.82, 2.24) is 0 Å². The highest BCUT2D eigenvalue weighted by Gasteiger charge is 2.14. The summed E-state index contributed by atoms with van der Waals surface area (Å²) in [6, 6.07) is 0. The molecule has 1 atom stereocenters. The fourth-order valence-corrected chi connectivity index (χ4v) is 0.990. The van der Waals surface area contributed by atoms with Crippen molar-refractivity contribution < 1.29 is 4.79 Å². The third-order valence-corrected chi connectivity index (χ3v) is 1.44. The largest absolute Gasteiger partial charge is 0.368 e. The minimum atomic E-state index is -0.759. The van der Waals surface area contributed by atoms with Crippen LogP contribution < -0.4 is 5.73 Å². The lowest BCUT2D eigenvalue weighted by Crippen LogP contribution is -2.24. The van der Waals surface area contributed by atoms with Crippen molar-refractivity contribution in [3.63, 3.8) is 0 Å². The van der Waals surface area contributed by atoms with Gasteiger partial charge in [-0.25, -0.2) is 0 Å². The molecule has 0 saturated carbocycles. The van der Waals surface area contributed by atoms with Crippen LogP contribution in [-0.4, -0.2) is 16.1 Å². The number of alkyl halides is 3. The number of carbonyl (C=O) groups is 1. The lowest BCUT2D eigenvalue weighted by Gasteiger charge is -2.03. The molecule has 0 spiro atoms. The summed E-state index contributed by atoms with van der Waals surface area (Å²) in [5, 5.41) is -0.759. The first-order valence-electron chi connectivity index (χ1n) is 2.25. The van der Waals surface area contributed by atoms with Crippen molar-refractivity contribution in [1.29, 1.82) is 0 Å². The molecule has 0 aliphatic rings. The van der Waals surface area contributed by atoms with E-state index in [-0.39, 0.29) is 6.42 Å². The second-order valence-electron chi connectivity index (χ2n) is 1.50. The molecule has 9 heavy (non-hydrogen) atoms. The van der Waals surface area contributed by atoms with Crippen LogP contribution in [0.4, 0.5) is 0 Å². The maximum atomic E-state index is 10.2. The Bertz CT molecular complexity index is 106. The number of amides is 1. The van der Waals surface area contributed by atoms with Crippen LogP contribution in [0.1, 0.15) is 6.42 Å². The Kier molecular flexibility index (Phi) is 4.36. The molecule has 2 nitrogen and oxygen atoms in total. The van der Waals surface area contributed by atoms with Gasteiger partial charge in [-0.15, -0.1) is 34.8 Å². The Hall–Kier alpha value is 0.340. The molecule has 0 fully saturated rings. The van der Waals surface area contributed by atoms with Gasteiger partial charge in [-0.1, -0.05) is 0 Å². The molecule has 0 bridgehead atoms. The molecule has 0 radical (unpaired) electrons. The molecular formula is C4H6Cl3NO. The van der Waals surface area contributed by atoms with E-state index >= 15 is 0 Å². The Morgan fingerprint density at radius 3 is 2.00 bits per heavy atom. The molecule has 0 aromatic heterocycles. The van der Waals surface area contributed by atoms with E-state index in [1.165, 1.54) is 0 Å². The van der Waals surface area contributed by atoms with E-state index in [2.05, 4.69) is 0 Å². The van der Waals surface area contributed by atoms with Crippen molar-refractivity contribution in [2.75, 3.05) is 0 Å². The van der Waals surface area contributed by atoms with Gasteiger partial charge in [0.2, 0.25) is 5.91 Å². The van der Waals surface area contributed by atoms with Gasteiger partial charge in [0.15, 0.2) is 0 Å². The standard InChI is InChI=1S/C4H6Cl3NO/c5-2(4(8)9)1-3(6)7/h2-3H,1H2,(H2,8,9). The van der Waals surface area contributed by atoms with Crippen LogP contribution in [0.3, 0.4) is 0 Å².